The Bertz CT molecular complexity index is 472. The van der Waals surface area contributed by atoms with Gasteiger partial charge in [0.1, 0.15) is 0 Å². The van der Waals surface area contributed by atoms with Crippen molar-refractivity contribution in [1.82, 2.24) is 0 Å². The van der Waals surface area contributed by atoms with Gasteiger partial charge in [-0.2, -0.15) is 0 Å². The molecule has 0 aromatic rings. The Morgan fingerprint density at radius 3 is 2.00 bits per heavy atom. The van der Waals surface area contributed by atoms with E-state index < -0.39 is 0 Å². The number of rotatable bonds is 10. The molecule has 5 aliphatic carbocycles. The highest BCUT2D eigenvalue weighted by atomic mass is 79.9. The maximum atomic E-state index is 4.25. The fourth-order valence-electron chi connectivity index (χ4n) is 8.33. The van der Waals surface area contributed by atoms with E-state index in [1.54, 1.807) is 57.8 Å². The maximum Gasteiger partial charge on any atom is 0.0202 e. The Labute approximate surface area is 197 Å². The summed E-state index contributed by atoms with van der Waals surface area (Å²) in [6.07, 6.45) is 33.5. The fourth-order valence-corrected chi connectivity index (χ4v) is 9.34. The third-order valence-electron chi connectivity index (χ3n) is 10.7. The second-order valence-corrected chi connectivity index (χ2v) is 13.5. The SMILES string of the molecule is CCCCCC12CCC(C(Br)CCCC3CCC(C4CCCCC4)CC3)(CC1)CC2. The van der Waals surface area contributed by atoms with E-state index in [4.69, 9.17) is 0 Å². The van der Waals surface area contributed by atoms with Crippen molar-refractivity contribution in [3.8, 4) is 0 Å². The monoisotopic (exact) mass is 478 g/mol. The summed E-state index contributed by atoms with van der Waals surface area (Å²) in [7, 11) is 0. The van der Waals surface area contributed by atoms with Gasteiger partial charge in [0.05, 0.1) is 0 Å². The molecule has 5 aliphatic rings. The highest BCUT2D eigenvalue weighted by molar-refractivity contribution is 9.09. The first-order valence-electron chi connectivity index (χ1n) is 14.3. The zero-order valence-corrected chi connectivity index (χ0v) is 21.8. The third-order valence-corrected chi connectivity index (χ3v) is 12.1. The third kappa shape index (κ3) is 5.69. The van der Waals surface area contributed by atoms with Crippen LogP contribution >= 0.6 is 15.9 Å². The Hall–Kier alpha value is 0.480. The Kier molecular flexibility index (Phi) is 8.72. The van der Waals surface area contributed by atoms with Gasteiger partial charge in [-0.15, -0.1) is 0 Å². The van der Waals surface area contributed by atoms with Crippen LogP contribution in [-0.4, -0.2) is 4.83 Å². The standard InChI is InChI=1S/C29H51Br/c1-2-3-7-17-28-18-21-29(22-19-28,23-20-28)27(30)12-8-9-24-13-15-26(16-14-24)25-10-5-4-6-11-25/h24-27H,2-23H2,1H3. The topological polar surface area (TPSA) is 0 Å². The summed E-state index contributed by atoms with van der Waals surface area (Å²) in [6, 6.07) is 0. The number of unbranched alkanes of at least 4 members (excludes halogenated alkanes) is 2. The van der Waals surface area contributed by atoms with Gasteiger partial charge >= 0.3 is 0 Å². The molecular weight excluding hydrogens is 428 g/mol. The largest absolute Gasteiger partial charge is 0.0885 e. The highest BCUT2D eigenvalue weighted by Crippen LogP contribution is 2.61. The van der Waals surface area contributed by atoms with Crippen molar-refractivity contribution in [3.05, 3.63) is 0 Å². The predicted molar refractivity (Wildman–Crippen MR) is 135 cm³/mol. The van der Waals surface area contributed by atoms with E-state index in [9.17, 15) is 0 Å². The highest BCUT2D eigenvalue weighted by Gasteiger charge is 2.50. The second-order valence-electron chi connectivity index (χ2n) is 12.4. The molecule has 0 nitrogen and oxygen atoms in total. The zero-order valence-electron chi connectivity index (χ0n) is 20.2. The number of hydrogen-bond acceptors (Lipinski definition) is 0. The van der Waals surface area contributed by atoms with E-state index in [1.807, 2.05) is 0 Å². The molecule has 1 atom stereocenters. The van der Waals surface area contributed by atoms with Gasteiger partial charge in [0.25, 0.3) is 0 Å². The van der Waals surface area contributed by atoms with Crippen molar-refractivity contribution < 1.29 is 0 Å². The van der Waals surface area contributed by atoms with Gasteiger partial charge in [0.2, 0.25) is 0 Å². The molecule has 0 spiro atoms. The van der Waals surface area contributed by atoms with Crippen LogP contribution in [0.5, 0.6) is 0 Å². The van der Waals surface area contributed by atoms with E-state index in [1.165, 1.54) is 83.5 Å². The van der Waals surface area contributed by atoms with Crippen molar-refractivity contribution >= 4 is 15.9 Å². The second kappa shape index (κ2) is 11.1. The van der Waals surface area contributed by atoms with Gasteiger partial charge < -0.3 is 0 Å². The fraction of sp³-hybridized carbons (Fsp3) is 1.00. The predicted octanol–water partition coefficient (Wildman–Crippen LogP) is 10.2. The van der Waals surface area contributed by atoms with Crippen molar-refractivity contribution in [2.24, 2.45) is 28.6 Å². The van der Waals surface area contributed by atoms with E-state index in [0.29, 0.717) is 5.41 Å². The van der Waals surface area contributed by atoms with E-state index in [-0.39, 0.29) is 0 Å². The molecule has 0 heterocycles. The van der Waals surface area contributed by atoms with E-state index >= 15 is 0 Å². The van der Waals surface area contributed by atoms with Crippen LogP contribution in [0.4, 0.5) is 0 Å². The minimum Gasteiger partial charge on any atom is -0.0885 e. The van der Waals surface area contributed by atoms with Crippen molar-refractivity contribution in [2.75, 3.05) is 0 Å². The molecule has 30 heavy (non-hydrogen) atoms. The molecule has 1 heteroatoms. The first-order valence-corrected chi connectivity index (χ1v) is 15.2. The Morgan fingerprint density at radius 2 is 1.37 bits per heavy atom. The number of hydrogen-bond donors (Lipinski definition) is 0. The van der Waals surface area contributed by atoms with E-state index in [2.05, 4.69) is 22.9 Å². The van der Waals surface area contributed by atoms with Crippen LogP contribution in [0, 0.1) is 28.6 Å². The van der Waals surface area contributed by atoms with Crippen LogP contribution in [0.15, 0.2) is 0 Å². The van der Waals surface area contributed by atoms with E-state index in [0.717, 1.165) is 28.0 Å². The molecule has 5 saturated carbocycles. The Balaban J connectivity index is 1.14. The van der Waals surface area contributed by atoms with Gasteiger partial charge in [0.15, 0.2) is 0 Å². The lowest BCUT2D eigenvalue weighted by Gasteiger charge is -2.56. The lowest BCUT2D eigenvalue weighted by molar-refractivity contribution is -0.0171. The lowest BCUT2D eigenvalue weighted by Crippen LogP contribution is -2.46. The molecule has 0 aromatic carbocycles. The number of fused-ring (bicyclic) bond motifs is 3. The summed E-state index contributed by atoms with van der Waals surface area (Å²) < 4.78 is 0. The summed E-state index contributed by atoms with van der Waals surface area (Å²) in [4.78, 5) is 0.803. The van der Waals surface area contributed by atoms with Crippen LogP contribution in [-0.2, 0) is 0 Å². The van der Waals surface area contributed by atoms with Crippen molar-refractivity contribution in [3.63, 3.8) is 0 Å². The molecule has 0 aliphatic heterocycles. The van der Waals surface area contributed by atoms with Gasteiger partial charge in [-0.25, -0.2) is 0 Å². The van der Waals surface area contributed by atoms with Gasteiger partial charge in [-0.1, -0.05) is 99.9 Å². The molecule has 0 aromatic heterocycles. The summed E-state index contributed by atoms with van der Waals surface area (Å²) >= 11 is 4.25. The molecule has 0 saturated heterocycles. The van der Waals surface area contributed by atoms with Crippen LogP contribution < -0.4 is 0 Å². The molecule has 174 valence electrons. The first-order chi connectivity index (χ1) is 14.6. The first kappa shape index (κ1) is 23.6. The molecule has 0 N–H and O–H groups in total. The summed E-state index contributed by atoms with van der Waals surface area (Å²) in [5, 5.41) is 0. The van der Waals surface area contributed by atoms with Gasteiger partial charge in [-0.05, 0) is 92.8 Å². The minimum atomic E-state index is 0.672. The van der Waals surface area contributed by atoms with Crippen LogP contribution in [0.3, 0.4) is 0 Å². The normalized spacial score (nSPS) is 38.6. The molecule has 0 radical (unpaired) electrons. The summed E-state index contributed by atoms with van der Waals surface area (Å²) in [5.74, 6) is 3.27. The summed E-state index contributed by atoms with van der Waals surface area (Å²) in [5.41, 5.74) is 1.44. The van der Waals surface area contributed by atoms with Gasteiger partial charge in [0, 0.05) is 4.83 Å². The minimum absolute atomic E-state index is 0.672. The summed E-state index contributed by atoms with van der Waals surface area (Å²) in [6.45, 7) is 2.35. The van der Waals surface area contributed by atoms with Crippen LogP contribution in [0.1, 0.15) is 148 Å². The molecule has 1 unspecified atom stereocenters. The van der Waals surface area contributed by atoms with Crippen LogP contribution in [0.25, 0.3) is 0 Å². The number of halogens is 1. The van der Waals surface area contributed by atoms with Gasteiger partial charge in [-0.3, -0.25) is 0 Å². The molecular formula is C29H51Br. The molecule has 0 amide bonds. The average Bonchev–Trinajstić information content (AvgIpc) is 2.81. The smallest absolute Gasteiger partial charge is 0.0202 e. The average molecular weight is 480 g/mol. The molecule has 5 fully saturated rings. The molecule has 2 bridgehead atoms. The van der Waals surface area contributed by atoms with Crippen LogP contribution in [0.2, 0.25) is 0 Å². The quantitative estimate of drug-likeness (QED) is 0.216. The van der Waals surface area contributed by atoms with Crippen molar-refractivity contribution in [1.29, 1.82) is 0 Å². The number of alkyl halides is 1. The zero-order chi connectivity index (χ0) is 20.9. The maximum absolute atomic E-state index is 4.25. The molecule has 5 rings (SSSR count). The van der Waals surface area contributed by atoms with Crippen molar-refractivity contribution in [2.45, 2.75) is 153 Å². The Morgan fingerprint density at radius 1 is 0.733 bits per heavy atom. The lowest BCUT2D eigenvalue weighted by atomic mass is 9.51.